The quantitative estimate of drug-likeness (QED) is 0.840. The van der Waals surface area contributed by atoms with Crippen LogP contribution in [0.2, 0.25) is 0 Å². The van der Waals surface area contributed by atoms with Gasteiger partial charge in [0.15, 0.2) is 0 Å². The van der Waals surface area contributed by atoms with E-state index >= 15 is 0 Å². The van der Waals surface area contributed by atoms with Crippen molar-refractivity contribution in [1.29, 1.82) is 0 Å². The van der Waals surface area contributed by atoms with Crippen LogP contribution in [0.25, 0.3) is 0 Å². The van der Waals surface area contributed by atoms with Gasteiger partial charge < -0.3 is 9.64 Å². The topological polar surface area (TPSA) is 42.4 Å². The number of aromatic nitrogens is 1. The van der Waals surface area contributed by atoms with E-state index in [0.717, 1.165) is 23.9 Å². The maximum Gasteiger partial charge on any atom is 0.255 e. The third-order valence-electron chi connectivity index (χ3n) is 2.95. The Labute approximate surface area is 109 Å². The van der Waals surface area contributed by atoms with Crippen molar-refractivity contribution in [2.24, 2.45) is 0 Å². The second kappa shape index (κ2) is 5.60. The summed E-state index contributed by atoms with van der Waals surface area (Å²) < 4.78 is 6.14. The molecule has 0 aliphatic carbocycles. The van der Waals surface area contributed by atoms with Crippen LogP contribution in [0.1, 0.15) is 23.2 Å². The molecule has 2 heterocycles. The van der Waals surface area contributed by atoms with E-state index in [0.29, 0.717) is 12.1 Å². The van der Waals surface area contributed by atoms with Crippen molar-refractivity contribution < 1.29 is 9.53 Å². The van der Waals surface area contributed by atoms with Crippen molar-refractivity contribution in [2.75, 3.05) is 20.2 Å². The maximum atomic E-state index is 12.2. The highest BCUT2D eigenvalue weighted by Crippen LogP contribution is 2.17. The van der Waals surface area contributed by atoms with Gasteiger partial charge in [0.1, 0.15) is 0 Å². The summed E-state index contributed by atoms with van der Waals surface area (Å²) in [5, 5.41) is 0. The molecule has 0 spiro atoms. The van der Waals surface area contributed by atoms with Gasteiger partial charge in [0.05, 0.1) is 11.7 Å². The normalized spacial score (nSPS) is 20.4. The summed E-state index contributed by atoms with van der Waals surface area (Å²) >= 11 is 3.32. The first-order valence-corrected chi connectivity index (χ1v) is 6.42. The highest BCUT2D eigenvalue weighted by Gasteiger charge is 2.24. The van der Waals surface area contributed by atoms with Gasteiger partial charge in [0.25, 0.3) is 5.91 Å². The molecular weight excluding hydrogens is 284 g/mol. The first-order chi connectivity index (χ1) is 8.20. The SMILES string of the molecule is CO[C@@H]1CCCN(C(=O)c2cncc(Br)c2)C1. The Hall–Kier alpha value is -0.940. The average Bonchev–Trinajstić information content (AvgIpc) is 2.38. The summed E-state index contributed by atoms with van der Waals surface area (Å²) in [6, 6.07) is 1.80. The largest absolute Gasteiger partial charge is 0.380 e. The minimum Gasteiger partial charge on any atom is -0.380 e. The number of pyridine rings is 1. The van der Waals surface area contributed by atoms with Gasteiger partial charge in [-0.05, 0) is 34.8 Å². The van der Waals surface area contributed by atoms with Gasteiger partial charge in [-0.15, -0.1) is 0 Å². The van der Waals surface area contributed by atoms with Crippen LogP contribution in [0.3, 0.4) is 0 Å². The lowest BCUT2D eigenvalue weighted by Crippen LogP contribution is -2.42. The van der Waals surface area contributed by atoms with Crippen LogP contribution in [0.4, 0.5) is 0 Å². The highest BCUT2D eigenvalue weighted by atomic mass is 79.9. The van der Waals surface area contributed by atoms with Crippen molar-refractivity contribution in [3.05, 3.63) is 28.5 Å². The van der Waals surface area contributed by atoms with Crippen molar-refractivity contribution in [1.82, 2.24) is 9.88 Å². The molecule has 1 aromatic rings. The number of piperidine rings is 1. The summed E-state index contributed by atoms with van der Waals surface area (Å²) in [6.45, 7) is 1.47. The number of carbonyl (C=O) groups excluding carboxylic acids is 1. The summed E-state index contributed by atoms with van der Waals surface area (Å²) in [5.74, 6) is 0.0283. The Morgan fingerprint density at radius 1 is 1.59 bits per heavy atom. The van der Waals surface area contributed by atoms with E-state index in [1.807, 2.05) is 4.90 Å². The van der Waals surface area contributed by atoms with E-state index in [2.05, 4.69) is 20.9 Å². The molecule has 0 aromatic carbocycles. The lowest BCUT2D eigenvalue weighted by atomic mass is 10.1. The number of likely N-dealkylation sites (tertiary alicyclic amines) is 1. The van der Waals surface area contributed by atoms with Crippen molar-refractivity contribution in [3.8, 4) is 0 Å². The van der Waals surface area contributed by atoms with Crippen LogP contribution in [0.5, 0.6) is 0 Å². The molecule has 1 saturated heterocycles. The van der Waals surface area contributed by atoms with E-state index in [-0.39, 0.29) is 12.0 Å². The molecule has 1 aromatic heterocycles. The van der Waals surface area contributed by atoms with Crippen LogP contribution < -0.4 is 0 Å². The van der Waals surface area contributed by atoms with Crippen LogP contribution in [-0.4, -0.2) is 42.1 Å². The van der Waals surface area contributed by atoms with Crippen LogP contribution in [0.15, 0.2) is 22.9 Å². The summed E-state index contributed by atoms with van der Waals surface area (Å²) in [4.78, 5) is 18.1. The van der Waals surface area contributed by atoms with Gasteiger partial charge >= 0.3 is 0 Å². The summed E-state index contributed by atoms with van der Waals surface area (Å²) in [5.41, 5.74) is 0.621. The summed E-state index contributed by atoms with van der Waals surface area (Å²) in [7, 11) is 1.69. The zero-order valence-electron chi connectivity index (χ0n) is 9.73. The number of nitrogens with zero attached hydrogens (tertiary/aromatic N) is 2. The third-order valence-corrected chi connectivity index (χ3v) is 3.38. The Kier molecular flexibility index (Phi) is 4.12. The molecule has 4 nitrogen and oxygen atoms in total. The number of ether oxygens (including phenoxy) is 1. The van der Waals surface area contributed by atoms with Crippen molar-refractivity contribution >= 4 is 21.8 Å². The van der Waals surface area contributed by atoms with Crippen LogP contribution >= 0.6 is 15.9 Å². The van der Waals surface area contributed by atoms with Crippen molar-refractivity contribution in [3.63, 3.8) is 0 Å². The first kappa shape index (κ1) is 12.5. The maximum absolute atomic E-state index is 12.2. The molecule has 1 atom stereocenters. The molecule has 2 rings (SSSR count). The third kappa shape index (κ3) is 3.04. The zero-order chi connectivity index (χ0) is 12.3. The standard InChI is InChI=1S/C12H15BrN2O2/c1-17-11-3-2-4-15(8-11)12(16)9-5-10(13)7-14-6-9/h5-7,11H,2-4,8H2,1H3/t11-/m1/s1. The molecule has 17 heavy (non-hydrogen) atoms. The van der Waals surface area contributed by atoms with Crippen LogP contribution in [0, 0.1) is 0 Å². The highest BCUT2D eigenvalue weighted by molar-refractivity contribution is 9.10. The molecule has 1 aliphatic rings. The minimum atomic E-state index is 0.0283. The zero-order valence-corrected chi connectivity index (χ0v) is 11.3. The molecule has 1 fully saturated rings. The number of halogens is 1. The van der Waals surface area contributed by atoms with Crippen molar-refractivity contribution in [2.45, 2.75) is 18.9 Å². The van der Waals surface area contributed by atoms with Gasteiger partial charge in [-0.1, -0.05) is 0 Å². The Morgan fingerprint density at radius 3 is 3.12 bits per heavy atom. The molecule has 0 N–H and O–H groups in total. The Balaban J connectivity index is 2.09. The molecule has 92 valence electrons. The number of hydrogen-bond donors (Lipinski definition) is 0. The van der Waals surface area contributed by atoms with E-state index in [1.54, 1.807) is 25.6 Å². The van der Waals surface area contributed by atoms with Crippen LogP contribution in [-0.2, 0) is 4.74 Å². The first-order valence-electron chi connectivity index (χ1n) is 5.63. The van der Waals surface area contributed by atoms with Gasteiger partial charge in [-0.2, -0.15) is 0 Å². The van der Waals surface area contributed by atoms with Gasteiger partial charge in [0.2, 0.25) is 0 Å². The average molecular weight is 299 g/mol. The molecule has 0 bridgehead atoms. The van der Waals surface area contributed by atoms with E-state index < -0.39 is 0 Å². The molecule has 1 amide bonds. The fourth-order valence-electron chi connectivity index (χ4n) is 2.03. The van der Waals surface area contributed by atoms with E-state index in [1.165, 1.54) is 0 Å². The second-order valence-corrected chi connectivity index (χ2v) is 5.06. The second-order valence-electron chi connectivity index (χ2n) is 4.14. The van der Waals surface area contributed by atoms with Gasteiger partial charge in [0, 0.05) is 37.1 Å². The molecule has 0 radical (unpaired) electrons. The number of amides is 1. The fourth-order valence-corrected chi connectivity index (χ4v) is 2.39. The monoisotopic (exact) mass is 298 g/mol. The molecule has 0 saturated carbocycles. The fraction of sp³-hybridized carbons (Fsp3) is 0.500. The Bertz CT molecular complexity index is 411. The van der Waals surface area contributed by atoms with E-state index in [4.69, 9.17) is 4.74 Å². The summed E-state index contributed by atoms with van der Waals surface area (Å²) in [6.07, 6.45) is 5.45. The molecule has 0 unspecified atom stereocenters. The Morgan fingerprint density at radius 2 is 2.41 bits per heavy atom. The molecule has 1 aliphatic heterocycles. The smallest absolute Gasteiger partial charge is 0.255 e. The number of methoxy groups -OCH3 is 1. The van der Waals surface area contributed by atoms with E-state index in [9.17, 15) is 4.79 Å². The van der Waals surface area contributed by atoms with Gasteiger partial charge in [-0.3, -0.25) is 9.78 Å². The lowest BCUT2D eigenvalue weighted by molar-refractivity contribution is 0.0268. The lowest BCUT2D eigenvalue weighted by Gasteiger charge is -2.31. The minimum absolute atomic E-state index is 0.0283. The number of carbonyl (C=O) groups is 1. The molecular formula is C12H15BrN2O2. The predicted molar refractivity (Wildman–Crippen MR) is 67.9 cm³/mol. The number of rotatable bonds is 2. The number of hydrogen-bond acceptors (Lipinski definition) is 3. The molecule has 5 heteroatoms. The predicted octanol–water partition coefficient (Wildman–Crippen LogP) is 2.10. The van der Waals surface area contributed by atoms with Gasteiger partial charge in [-0.25, -0.2) is 0 Å².